The molecule has 18 nitrogen and oxygen atoms in total. The van der Waals surface area contributed by atoms with Crippen molar-refractivity contribution in [2.24, 2.45) is 11.8 Å². The van der Waals surface area contributed by atoms with Gasteiger partial charge in [-0.15, -0.1) is 0 Å². The number of hydrogen-bond donors (Lipinski definition) is 0. The second-order valence-corrected chi connectivity index (χ2v) is 15.4. The van der Waals surface area contributed by atoms with E-state index >= 15 is 0 Å². The summed E-state index contributed by atoms with van der Waals surface area (Å²) in [5.74, 6) is -5.99. The average molecular weight is 965 g/mol. The molecule has 1 aliphatic rings. The van der Waals surface area contributed by atoms with Gasteiger partial charge in [0.25, 0.3) is 0 Å². The van der Waals surface area contributed by atoms with Gasteiger partial charge >= 0.3 is 47.8 Å². The van der Waals surface area contributed by atoms with Crippen LogP contribution >= 0.6 is 0 Å². The Morgan fingerprint density at radius 2 is 0.800 bits per heavy atom. The molecule has 5 rings (SSSR count). The molecule has 0 bridgehead atoms. The van der Waals surface area contributed by atoms with E-state index < -0.39 is 59.6 Å². The van der Waals surface area contributed by atoms with Gasteiger partial charge in [0.15, 0.2) is 0 Å². The standard InChI is InChI=1S/C52H52O18/c1-5-45(53)65-29-9-7-27-63-37-19-15-35(16-20-37)47(55)67-39-23-25-43(41(31-39)51(59)61-3)69-49(57)33-11-13-34(14-12-33)50(58)70-44-26-24-40(32-42(44)52(60)62-4)68-48(56)36-17-21-38(22-18-36)64-28-8-10-30-66-46(54)6-2/h5-6,15-26,31-34H,1-2,7-14,27-30H2,3-4H3. The molecule has 0 spiro atoms. The Balaban J connectivity index is 1.10. The lowest BCUT2D eigenvalue weighted by Crippen LogP contribution is -2.31. The molecule has 0 heterocycles. The highest BCUT2D eigenvalue weighted by Crippen LogP contribution is 2.34. The summed E-state index contributed by atoms with van der Waals surface area (Å²) in [7, 11) is 2.29. The van der Waals surface area contributed by atoms with Crippen molar-refractivity contribution in [3.05, 3.63) is 132 Å². The van der Waals surface area contributed by atoms with Crippen LogP contribution in [0.1, 0.15) is 92.8 Å². The minimum atomic E-state index is -0.849. The molecule has 0 radical (unpaired) electrons. The molecule has 0 N–H and O–H groups in total. The Kier molecular flexibility index (Phi) is 20.2. The third-order valence-corrected chi connectivity index (χ3v) is 10.6. The van der Waals surface area contributed by atoms with Gasteiger partial charge < -0.3 is 47.4 Å². The number of benzene rings is 4. The number of methoxy groups -OCH3 is 2. The van der Waals surface area contributed by atoms with Crippen LogP contribution in [0.2, 0.25) is 0 Å². The minimum Gasteiger partial charge on any atom is -0.494 e. The maximum atomic E-state index is 13.4. The first-order valence-corrected chi connectivity index (χ1v) is 22.2. The Labute approximate surface area is 403 Å². The van der Waals surface area contributed by atoms with Crippen LogP contribution in [0.4, 0.5) is 0 Å². The number of carbonyl (C=O) groups excluding carboxylic acids is 8. The first-order valence-electron chi connectivity index (χ1n) is 22.2. The predicted octanol–water partition coefficient (Wildman–Crippen LogP) is 7.79. The van der Waals surface area contributed by atoms with Crippen molar-refractivity contribution in [2.45, 2.75) is 51.4 Å². The van der Waals surface area contributed by atoms with E-state index in [4.69, 9.17) is 47.4 Å². The highest BCUT2D eigenvalue weighted by Gasteiger charge is 2.34. The Bertz CT molecular complexity index is 2340. The van der Waals surface area contributed by atoms with Crippen LogP contribution in [-0.4, -0.2) is 88.4 Å². The molecular weight excluding hydrogens is 913 g/mol. The number of carbonyl (C=O) groups is 8. The maximum Gasteiger partial charge on any atom is 0.343 e. The third kappa shape index (κ3) is 15.9. The van der Waals surface area contributed by atoms with Gasteiger partial charge in [-0.1, -0.05) is 13.2 Å². The van der Waals surface area contributed by atoms with Crippen molar-refractivity contribution in [3.63, 3.8) is 0 Å². The summed E-state index contributed by atoms with van der Waals surface area (Å²) in [5.41, 5.74) is 0.0565. The molecule has 0 unspecified atom stereocenters. The summed E-state index contributed by atoms with van der Waals surface area (Å²) in [6, 6.07) is 20.2. The van der Waals surface area contributed by atoms with Gasteiger partial charge in [-0.3, -0.25) is 9.59 Å². The van der Waals surface area contributed by atoms with Crippen LogP contribution in [-0.2, 0) is 38.1 Å². The normalized spacial score (nSPS) is 13.8. The molecule has 0 atom stereocenters. The van der Waals surface area contributed by atoms with Gasteiger partial charge in [-0.05, 0) is 136 Å². The lowest BCUT2D eigenvalue weighted by atomic mass is 9.82. The molecule has 0 amide bonds. The lowest BCUT2D eigenvalue weighted by Gasteiger charge is -2.26. The molecule has 18 heteroatoms. The van der Waals surface area contributed by atoms with E-state index in [1.807, 2.05) is 0 Å². The van der Waals surface area contributed by atoms with Crippen molar-refractivity contribution in [1.29, 1.82) is 0 Å². The number of esters is 8. The number of rotatable bonds is 24. The highest BCUT2D eigenvalue weighted by molar-refractivity contribution is 5.96. The molecule has 70 heavy (non-hydrogen) atoms. The minimum absolute atomic E-state index is 0.0165. The van der Waals surface area contributed by atoms with Crippen LogP contribution in [0.3, 0.4) is 0 Å². The first-order chi connectivity index (χ1) is 33.8. The van der Waals surface area contributed by atoms with E-state index in [1.54, 1.807) is 24.3 Å². The van der Waals surface area contributed by atoms with Gasteiger partial charge in [-0.25, -0.2) is 28.8 Å². The Hall–Kier alpha value is -8.28. The van der Waals surface area contributed by atoms with Gasteiger partial charge in [0, 0.05) is 12.2 Å². The zero-order chi connectivity index (χ0) is 50.4. The molecule has 0 saturated heterocycles. The van der Waals surface area contributed by atoms with Crippen LogP contribution in [0.5, 0.6) is 34.5 Å². The van der Waals surface area contributed by atoms with Gasteiger partial charge in [0.05, 0.1) is 63.6 Å². The fraction of sp³-hybridized carbons (Fsp3) is 0.308. The van der Waals surface area contributed by atoms with E-state index in [9.17, 15) is 38.4 Å². The smallest absolute Gasteiger partial charge is 0.343 e. The van der Waals surface area contributed by atoms with E-state index in [-0.39, 0.29) is 84.1 Å². The van der Waals surface area contributed by atoms with E-state index in [0.29, 0.717) is 50.4 Å². The second kappa shape index (κ2) is 26.9. The molecular formula is C52H52O18. The topological polar surface area (TPSA) is 229 Å². The van der Waals surface area contributed by atoms with E-state index in [2.05, 4.69) is 13.2 Å². The predicted molar refractivity (Wildman–Crippen MR) is 247 cm³/mol. The summed E-state index contributed by atoms with van der Waals surface area (Å²) < 4.78 is 53.2. The van der Waals surface area contributed by atoms with E-state index in [1.165, 1.54) is 60.7 Å². The van der Waals surface area contributed by atoms with E-state index in [0.717, 1.165) is 26.4 Å². The fourth-order valence-electron chi connectivity index (χ4n) is 6.77. The molecule has 368 valence electrons. The van der Waals surface area contributed by atoms with Gasteiger partial charge in [0.2, 0.25) is 0 Å². The Morgan fingerprint density at radius 3 is 1.14 bits per heavy atom. The van der Waals surface area contributed by atoms with Crippen molar-refractivity contribution < 1.29 is 85.7 Å². The lowest BCUT2D eigenvalue weighted by molar-refractivity contribution is -0.145. The molecule has 1 saturated carbocycles. The van der Waals surface area contributed by atoms with Crippen molar-refractivity contribution in [3.8, 4) is 34.5 Å². The Morgan fingerprint density at radius 1 is 0.457 bits per heavy atom. The van der Waals surface area contributed by atoms with Crippen molar-refractivity contribution >= 4 is 47.8 Å². The summed E-state index contributed by atoms with van der Waals surface area (Å²) in [6.45, 7) is 7.89. The molecule has 0 aliphatic heterocycles. The van der Waals surface area contributed by atoms with Crippen molar-refractivity contribution in [2.75, 3.05) is 40.6 Å². The molecule has 0 aromatic heterocycles. The van der Waals surface area contributed by atoms with Gasteiger partial charge in [-0.2, -0.15) is 0 Å². The molecule has 1 aliphatic carbocycles. The third-order valence-electron chi connectivity index (χ3n) is 10.6. The van der Waals surface area contributed by atoms with Crippen molar-refractivity contribution in [1.82, 2.24) is 0 Å². The summed E-state index contributed by atoms with van der Waals surface area (Å²) in [4.78, 5) is 100. The summed E-state index contributed by atoms with van der Waals surface area (Å²) >= 11 is 0. The fourth-order valence-corrected chi connectivity index (χ4v) is 6.77. The van der Waals surface area contributed by atoms with Gasteiger partial charge in [0.1, 0.15) is 45.6 Å². The summed E-state index contributed by atoms with van der Waals surface area (Å²) in [6.07, 6.45) is 5.58. The number of unbranched alkanes of at least 4 members (excludes halogenated alkanes) is 2. The monoisotopic (exact) mass is 964 g/mol. The van der Waals surface area contributed by atoms with Crippen LogP contribution in [0.25, 0.3) is 0 Å². The average Bonchev–Trinajstić information content (AvgIpc) is 3.38. The number of ether oxygens (including phenoxy) is 10. The molecule has 1 fully saturated rings. The van der Waals surface area contributed by atoms with Crippen LogP contribution in [0.15, 0.2) is 110 Å². The van der Waals surface area contributed by atoms with Crippen LogP contribution < -0.4 is 28.4 Å². The summed E-state index contributed by atoms with van der Waals surface area (Å²) in [5, 5.41) is 0. The zero-order valence-corrected chi connectivity index (χ0v) is 38.6. The largest absolute Gasteiger partial charge is 0.494 e. The first kappa shape index (κ1) is 52.7. The molecule has 4 aromatic carbocycles. The SMILES string of the molecule is C=CC(=O)OCCCCOc1ccc(C(=O)Oc2ccc(OC(=O)C3CCC(C(=O)Oc4ccc(OC(=O)c5ccc(OCCCCOC(=O)C=C)cc5)cc4C(=O)OC)CC3)c(C(=O)OC)c2)cc1. The number of hydrogen-bond acceptors (Lipinski definition) is 18. The molecule has 4 aromatic rings. The second-order valence-electron chi connectivity index (χ2n) is 15.4. The zero-order valence-electron chi connectivity index (χ0n) is 38.6. The van der Waals surface area contributed by atoms with Crippen LogP contribution in [0, 0.1) is 11.8 Å². The maximum absolute atomic E-state index is 13.4. The highest BCUT2D eigenvalue weighted by atomic mass is 16.6. The quantitative estimate of drug-likeness (QED) is 0.0214.